The molecule has 1 saturated carbocycles. The van der Waals surface area contributed by atoms with Crippen LogP contribution in [0.3, 0.4) is 0 Å². The van der Waals surface area contributed by atoms with Gasteiger partial charge in [-0.1, -0.05) is 20.8 Å². The number of hydrogen-bond donors (Lipinski definition) is 1. The maximum Gasteiger partial charge on any atom is 0.279 e. The van der Waals surface area contributed by atoms with E-state index in [-0.39, 0.29) is 11.5 Å². The maximum atomic E-state index is 12.3. The van der Waals surface area contributed by atoms with E-state index in [9.17, 15) is 8.42 Å². The lowest BCUT2D eigenvalue weighted by atomic mass is 9.92. The molecule has 4 nitrogen and oxygen atoms in total. The third kappa shape index (κ3) is 3.45. The van der Waals surface area contributed by atoms with Gasteiger partial charge in [-0.15, -0.1) is 0 Å². The molecule has 1 aliphatic heterocycles. The largest absolute Gasteiger partial charge is 0.279 e. The van der Waals surface area contributed by atoms with Crippen molar-refractivity contribution >= 4 is 10.2 Å². The quantitative estimate of drug-likeness (QED) is 0.857. The smallest absolute Gasteiger partial charge is 0.199 e. The normalized spacial score (nSPS) is 30.7. The fourth-order valence-electron chi connectivity index (χ4n) is 3.05. The van der Waals surface area contributed by atoms with Crippen molar-refractivity contribution in [1.82, 2.24) is 9.03 Å². The Morgan fingerprint density at radius 3 is 2.28 bits per heavy atom. The average molecular weight is 274 g/mol. The fraction of sp³-hybridized carbons (Fsp3) is 1.00. The highest BCUT2D eigenvalue weighted by Gasteiger charge is 2.35. The third-order valence-corrected chi connectivity index (χ3v) is 6.04. The minimum absolute atomic E-state index is 0.129. The van der Waals surface area contributed by atoms with Gasteiger partial charge in [-0.2, -0.15) is 17.4 Å². The second-order valence-corrected chi connectivity index (χ2v) is 8.51. The van der Waals surface area contributed by atoms with Crippen LogP contribution in [0, 0.1) is 11.3 Å². The molecule has 1 aliphatic carbocycles. The van der Waals surface area contributed by atoms with Gasteiger partial charge in [0.05, 0.1) is 0 Å². The molecule has 0 aromatic carbocycles. The molecule has 106 valence electrons. The Hall–Kier alpha value is -0.130. The molecular weight excluding hydrogens is 248 g/mol. The Labute approximate surface area is 111 Å². The zero-order valence-corrected chi connectivity index (χ0v) is 12.6. The van der Waals surface area contributed by atoms with E-state index in [1.54, 1.807) is 4.31 Å². The summed E-state index contributed by atoms with van der Waals surface area (Å²) in [5.74, 6) is 0.655. The molecule has 1 atom stereocenters. The fourth-order valence-corrected chi connectivity index (χ4v) is 4.51. The van der Waals surface area contributed by atoms with Gasteiger partial charge in [-0.3, -0.25) is 0 Å². The molecule has 5 heteroatoms. The number of nitrogens with one attached hydrogen (secondary N) is 1. The second-order valence-electron chi connectivity index (χ2n) is 6.81. The Morgan fingerprint density at radius 2 is 1.78 bits per heavy atom. The summed E-state index contributed by atoms with van der Waals surface area (Å²) in [4.78, 5) is 0. The van der Waals surface area contributed by atoms with Gasteiger partial charge < -0.3 is 0 Å². The highest BCUT2D eigenvalue weighted by atomic mass is 32.2. The van der Waals surface area contributed by atoms with Crippen LogP contribution in [0.15, 0.2) is 0 Å². The van der Waals surface area contributed by atoms with Gasteiger partial charge >= 0.3 is 0 Å². The molecule has 2 rings (SSSR count). The summed E-state index contributed by atoms with van der Waals surface area (Å²) in [7, 11) is -3.26. The number of piperidine rings is 1. The van der Waals surface area contributed by atoms with E-state index in [0.29, 0.717) is 19.0 Å². The van der Waals surface area contributed by atoms with Crippen LogP contribution in [0.2, 0.25) is 0 Å². The van der Waals surface area contributed by atoms with Crippen molar-refractivity contribution in [2.45, 2.75) is 58.9 Å². The Kier molecular flexibility index (Phi) is 4.04. The number of hydrogen-bond acceptors (Lipinski definition) is 2. The van der Waals surface area contributed by atoms with Crippen molar-refractivity contribution in [2.75, 3.05) is 13.1 Å². The lowest BCUT2D eigenvalue weighted by Gasteiger charge is -2.30. The predicted octanol–water partition coefficient (Wildman–Crippen LogP) is 2.13. The van der Waals surface area contributed by atoms with Crippen molar-refractivity contribution < 1.29 is 8.42 Å². The van der Waals surface area contributed by atoms with Crippen LogP contribution in [0.4, 0.5) is 0 Å². The second kappa shape index (κ2) is 5.10. The number of rotatable bonds is 3. The SMILES string of the molecule is CC1CCN(S(=O)(=O)NC2CCC(C)(C)C2)CC1. The van der Waals surface area contributed by atoms with Gasteiger partial charge in [0.25, 0.3) is 10.2 Å². The van der Waals surface area contributed by atoms with Crippen LogP contribution in [0.5, 0.6) is 0 Å². The van der Waals surface area contributed by atoms with Crippen LogP contribution < -0.4 is 4.72 Å². The monoisotopic (exact) mass is 274 g/mol. The summed E-state index contributed by atoms with van der Waals surface area (Å²) in [6.45, 7) is 7.96. The van der Waals surface area contributed by atoms with Gasteiger partial charge in [0.2, 0.25) is 0 Å². The first-order valence-corrected chi connectivity index (χ1v) is 8.50. The highest BCUT2D eigenvalue weighted by Crippen LogP contribution is 2.37. The van der Waals surface area contributed by atoms with E-state index >= 15 is 0 Å². The summed E-state index contributed by atoms with van der Waals surface area (Å²) >= 11 is 0. The van der Waals surface area contributed by atoms with E-state index in [1.807, 2.05) is 0 Å². The minimum atomic E-state index is -3.26. The molecule has 2 fully saturated rings. The molecule has 0 amide bonds. The van der Waals surface area contributed by atoms with E-state index in [1.165, 1.54) is 0 Å². The molecule has 1 unspecified atom stereocenters. The zero-order chi connectivity index (χ0) is 13.4. The molecule has 0 radical (unpaired) electrons. The van der Waals surface area contributed by atoms with E-state index in [4.69, 9.17) is 0 Å². The molecule has 1 heterocycles. The Bertz CT molecular complexity index is 384. The maximum absolute atomic E-state index is 12.3. The molecule has 0 aromatic heterocycles. The Morgan fingerprint density at radius 1 is 1.17 bits per heavy atom. The van der Waals surface area contributed by atoms with Crippen LogP contribution in [-0.2, 0) is 10.2 Å². The molecule has 0 bridgehead atoms. The summed E-state index contributed by atoms with van der Waals surface area (Å²) in [6, 6.07) is 0.129. The van der Waals surface area contributed by atoms with Gasteiger partial charge in [-0.05, 0) is 43.4 Å². The first-order valence-electron chi connectivity index (χ1n) is 7.06. The van der Waals surface area contributed by atoms with Gasteiger partial charge in [0, 0.05) is 19.1 Å². The molecule has 1 saturated heterocycles. The molecule has 1 N–H and O–H groups in total. The first-order chi connectivity index (χ1) is 8.28. The summed E-state index contributed by atoms with van der Waals surface area (Å²) in [6.07, 6.45) is 5.00. The highest BCUT2D eigenvalue weighted by molar-refractivity contribution is 7.87. The summed E-state index contributed by atoms with van der Waals surface area (Å²) in [5.41, 5.74) is 0.281. The van der Waals surface area contributed by atoms with E-state index in [2.05, 4.69) is 25.5 Å². The third-order valence-electron chi connectivity index (χ3n) is 4.37. The molecule has 18 heavy (non-hydrogen) atoms. The lowest BCUT2D eigenvalue weighted by molar-refractivity contribution is 0.282. The van der Waals surface area contributed by atoms with Crippen LogP contribution in [0.1, 0.15) is 52.9 Å². The molecular formula is C13H26N2O2S. The van der Waals surface area contributed by atoms with E-state index in [0.717, 1.165) is 32.1 Å². The van der Waals surface area contributed by atoms with Gasteiger partial charge in [-0.25, -0.2) is 0 Å². The molecule has 0 spiro atoms. The van der Waals surface area contributed by atoms with Crippen LogP contribution >= 0.6 is 0 Å². The zero-order valence-electron chi connectivity index (χ0n) is 11.8. The van der Waals surface area contributed by atoms with Gasteiger partial charge in [0.1, 0.15) is 0 Å². The van der Waals surface area contributed by atoms with Crippen molar-refractivity contribution in [3.05, 3.63) is 0 Å². The molecule has 0 aromatic rings. The van der Waals surface area contributed by atoms with Crippen molar-refractivity contribution in [3.8, 4) is 0 Å². The van der Waals surface area contributed by atoms with Crippen molar-refractivity contribution in [3.63, 3.8) is 0 Å². The van der Waals surface area contributed by atoms with Crippen LogP contribution in [0.25, 0.3) is 0 Å². The predicted molar refractivity (Wildman–Crippen MR) is 73.4 cm³/mol. The first kappa shape index (κ1) is 14.3. The topological polar surface area (TPSA) is 49.4 Å². The van der Waals surface area contributed by atoms with Crippen molar-refractivity contribution in [1.29, 1.82) is 0 Å². The van der Waals surface area contributed by atoms with E-state index < -0.39 is 10.2 Å². The molecule has 2 aliphatic rings. The average Bonchev–Trinajstić information content (AvgIpc) is 2.57. The van der Waals surface area contributed by atoms with Gasteiger partial charge in [0.15, 0.2) is 0 Å². The number of nitrogens with zero attached hydrogens (tertiary/aromatic N) is 1. The standard InChI is InChI=1S/C13H26N2O2S/c1-11-5-8-15(9-6-11)18(16,17)14-12-4-7-13(2,3)10-12/h11-12,14H,4-10H2,1-3H3. The summed E-state index contributed by atoms with van der Waals surface area (Å²) < 4.78 is 29.1. The van der Waals surface area contributed by atoms with Crippen molar-refractivity contribution in [2.24, 2.45) is 11.3 Å². The van der Waals surface area contributed by atoms with Crippen LogP contribution in [-0.4, -0.2) is 31.9 Å². The Balaban J connectivity index is 1.92. The summed E-state index contributed by atoms with van der Waals surface area (Å²) in [5, 5.41) is 0. The lowest BCUT2D eigenvalue weighted by Crippen LogP contribution is -2.47. The minimum Gasteiger partial charge on any atom is -0.199 e.